The SMILES string of the molecule is Cc1cccc(Cn2nc3n(c2=O)CCCCC3)c1. The molecule has 0 radical (unpaired) electrons. The molecule has 4 nitrogen and oxygen atoms in total. The summed E-state index contributed by atoms with van der Waals surface area (Å²) in [6.45, 7) is 3.46. The third kappa shape index (κ3) is 2.48. The first kappa shape index (κ1) is 12.2. The maximum absolute atomic E-state index is 12.3. The van der Waals surface area contributed by atoms with Crippen LogP contribution < -0.4 is 5.69 Å². The van der Waals surface area contributed by atoms with Gasteiger partial charge >= 0.3 is 5.69 Å². The molecule has 0 atom stereocenters. The summed E-state index contributed by atoms with van der Waals surface area (Å²) in [5, 5.41) is 4.50. The summed E-state index contributed by atoms with van der Waals surface area (Å²) >= 11 is 0. The molecular formula is C15H19N3O. The Kier molecular flexibility index (Phi) is 3.23. The Balaban J connectivity index is 1.92. The van der Waals surface area contributed by atoms with E-state index in [-0.39, 0.29) is 5.69 Å². The maximum atomic E-state index is 12.3. The first-order valence-electron chi connectivity index (χ1n) is 6.96. The third-order valence-corrected chi connectivity index (χ3v) is 3.70. The average molecular weight is 257 g/mol. The minimum atomic E-state index is 0.0402. The van der Waals surface area contributed by atoms with Gasteiger partial charge in [0.1, 0.15) is 5.82 Å². The Morgan fingerprint density at radius 2 is 2.16 bits per heavy atom. The van der Waals surface area contributed by atoms with Crippen molar-refractivity contribution in [1.82, 2.24) is 14.3 Å². The highest BCUT2D eigenvalue weighted by Gasteiger charge is 2.15. The minimum Gasteiger partial charge on any atom is -0.279 e. The topological polar surface area (TPSA) is 39.8 Å². The van der Waals surface area contributed by atoms with Crippen molar-refractivity contribution in [1.29, 1.82) is 0 Å². The van der Waals surface area contributed by atoms with Crippen LogP contribution in [0.15, 0.2) is 29.1 Å². The smallest absolute Gasteiger partial charge is 0.279 e. The highest BCUT2D eigenvalue weighted by atomic mass is 16.2. The van der Waals surface area contributed by atoms with E-state index in [0.717, 1.165) is 37.2 Å². The van der Waals surface area contributed by atoms with Gasteiger partial charge in [0.25, 0.3) is 0 Å². The van der Waals surface area contributed by atoms with Gasteiger partial charge in [0.15, 0.2) is 0 Å². The van der Waals surface area contributed by atoms with E-state index in [4.69, 9.17) is 0 Å². The fourth-order valence-electron chi connectivity index (χ4n) is 2.71. The molecule has 100 valence electrons. The van der Waals surface area contributed by atoms with E-state index >= 15 is 0 Å². The predicted molar refractivity (Wildman–Crippen MR) is 74.3 cm³/mol. The first-order valence-corrected chi connectivity index (χ1v) is 6.96. The van der Waals surface area contributed by atoms with E-state index in [0.29, 0.717) is 6.54 Å². The second kappa shape index (κ2) is 5.03. The lowest BCUT2D eigenvalue weighted by Gasteiger charge is -2.02. The second-order valence-electron chi connectivity index (χ2n) is 5.31. The number of aryl methyl sites for hydroxylation is 2. The zero-order valence-electron chi connectivity index (χ0n) is 11.3. The van der Waals surface area contributed by atoms with Gasteiger partial charge in [-0.2, -0.15) is 5.10 Å². The van der Waals surface area contributed by atoms with Crippen molar-refractivity contribution >= 4 is 0 Å². The van der Waals surface area contributed by atoms with Gasteiger partial charge in [0.2, 0.25) is 0 Å². The van der Waals surface area contributed by atoms with E-state index in [9.17, 15) is 4.79 Å². The summed E-state index contributed by atoms with van der Waals surface area (Å²) < 4.78 is 3.46. The third-order valence-electron chi connectivity index (χ3n) is 3.70. The Morgan fingerprint density at radius 3 is 3.00 bits per heavy atom. The summed E-state index contributed by atoms with van der Waals surface area (Å²) in [5.74, 6) is 0.954. The van der Waals surface area contributed by atoms with E-state index in [1.807, 2.05) is 16.7 Å². The Hall–Kier alpha value is -1.84. The van der Waals surface area contributed by atoms with Crippen molar-refractivity contribution in [2.75, 3.05) is 0 Å². The molecule has 0 aliphatic carbocycles. The monoisotopic (exact) mass is 257 g/mol. The fraction of sp³-hybridized carbons (Fsp3) is 0.467. The quantitative estimate of drug-likeness (QED) is 0.827. The Bertz CT molecular complexity index is 639. The minimum absolute atomic E-state index is 0.0402. The molecule has 0 spiro atoms. The van der Waals surface area contributed by atoms with Crippen LogP contribution in [0.4, 0.5) is 0 Å². The van der Waals surface area contributed by atoms with E-state index < -0.39 is 0 Å². The lowest BCUT2D eigenvalue weighted by molar-refractivity contribution is 0.584. The molecule has 1 aromatic heterocycles. The van der Waals surface area contributed by atoms with Gasteiger partial charge < -0.3 is 0 Å². The van der Waals surface area contributed by atoms with Gasteiger partial charge in [-0.05, 0) is 25.3 Å². The number of aromatic nitrogens is 3. The lowest BCUT2D eigenvalue weighted by atomic mass is 10.1. The highest BCUT2D eigenvalue weighted by Crippen LogP contribution is 2.11. The van der Waals surface area contributed by atoms with Crippen LogP contribution in [-0.4, -0.2) is 14.3 Å². The molecule has 0 saturated heterocycles. The van der Waals surface area contributed by atoms with Crippen LogP contribution in [0.1, 0.15) is 36.2 Å². The Labute approximate surface area is 112 Å². The molecular weight excluding hydrogens is 238 g/mol. The predicted octanol–water partition coefficient (Wildman–Crippen LogP) is 2.13. The van der Waals surface area contributed by atoms with Crippen LogP contribution in [0, 0.1) is 6.92 Å². The van der Waals surface area contributed by atoms with Gasteiger partial charge in [0, 0.05) is 13.0 Å². The summed E-state index contributed by atoms with van der Waals surface area (Å²) in [4.78, 5) is 12.3. The van der Waals surface area contributed by atoms with Crippen LogP contribution >= 0.6 is 0 Å². The molecule has 0 amide bonds. The number of benzene rings is 1. The zero-order valence-corrected chi connectivity index (χ0v) is 11.3. The van der Waals surface area contributed by atoms with Crippen molar-refractivity contribution in [3.8, 4) is 0 Å². The number of hydrogen-bond acceptors (Lipinski definition) is 2. The van der Waals surface area contributed by atoms with Gasteiger partial charge in [-0.3, -0.25) is 4.57 Å². The van der Waals surface area contributed by atoms with Crippen LogP contribution in [0.2, 0.25) is 0 Å². The van der Waals surface area contributed by atoms with Gasteiger partial charge in [-0.1, -0.05) is 36.2 Å². The van der Waals surface area contributed by atoms with Crippen LogP contribution in [-0.2, 0) is 19.5 Å². The lowest BCUT2D eigenvalue weighted by Crippen LogP contribution is -2.25. The van der Waals surface area contributed by atoms with Crippen molar-refractivity contribution in [3.05, 3.63) is 51.7 Å². The Morgan fingerprint density at radius 1 is 1.26 bits per heavy atom. The fourth-order valence-corrected chi connectivity index (χ4v) is 2.71. The molecule has 2 aromatic rings. The van der Waals surface area contributed by atoms with Crippen molar-refractivity contribution in [3.63, 3.8) is 0 Å². The van der Waals surface area contributed by atoms with E-state index in [2.05, 4.69) is 24.2 Å². The normalized spacial score (nSPS) is 15.0. The van der Waals surface area contributed by atoms with Crippen LogP contribution in [0.5, 0.6) is 0 Å². The summed E-state index contributed by atoms with van der Waals surface area (Å²) in [6, 6.07) is 8.24. The van der Waals surface area contributed by atoms with E-state index in [1.165, 1.54) is 12.0 Å². The van der Waals surface area contributed by atoms with Crippen LogP contribution in [0.25, 0.3) is 0 Å². The van der Waals surface area contributed by atoms with Crippen molar-refractivity contribution in [2.45, 2.75) is 45.7 Å². The second-order valence-corrected chi connectivity index (χ2v) is 5.31. The van der Waals surface area contributed by atoms with Crippen molar-refractivity contribution in [2.24, 2.45) is 0 Å². The molecule has 0 fully saturated rings. The molecule has 1 aromatic carbocycles. The molecule has 19 heavy (non-hydrogen) atoms. The zero-order chi connectivity index (χ0) is 13.2. The molecule has 0 unspecified atom stereocenters. The number of nitrogens with zero attached hydrogens (tertiary/aromatic N) is 3. The molecule has 2 heterocycles. The largest absolute Gasteiger partial charge is 0.346 e. The summed E-state index contributed by atoms with van der Waals surface area (Å²) in [7, 11) is 0. The van der Waals surface area contributed by atoms with Gasteiger partial charge in [-0.15, -0.1) is 0 Å². The standard InChI is InChI=1S/C15H19N3O/c1-12-6-5-7-13(10-12)11-18-15(19)17-9-4-2-3-8-14(17)16-18/h5-7,10H,2-4,8-9,11H2,1H3. The molecule has 0 N–H and O–H groups in total. The van der Waals surface area contributed by atoms with Crippen LogP contribution in [0.3, 0.4) is 0 Å². The summed E-state index contributed by atoms with van der Waals surface area (Å²) in [5.41, 5.74) is 2.39. The number of fused-ring (bicyclic) bond motifs is 1. The maximum Gasteiger partial charge on any atom is 0.346 e. The highest BCUT2D eigenvalue weighted by molar-refractivity contribution is 5.22. The summed E-state index contributed by atoms with van der Waals surface area (Å²) in [6.07, 6.45) is 4.35. The molecule has 0 bridgehead atoms. The number of hydrogen-bond donors (Lipinski definition) is 0. The number of rotatable bonds is 2. The first-order chi connectivity index (χ1) is 9.24. The molecule has 3 rings (SSSR count). The van der Waals surface area contributed by atoms with E-state index in [1.54, 1.807) is 4.68 Å². The van der Waals surface area contributed by atoms with Crippen molar-refractivity contribution < 1.29 is 0 Å². The van der Waals surface area contributed by atoms with Gasteiger partial charge in [0.05, 0.1) is 6.54 Å². The average Bonchev–Trinajstić information content (AvgIpc) is 2.58. The molecule has 4 heteroatoms. The molecule has 0 saturated carbocycles. The molecule has 1 aliphatic heterocycles. The molecule has 1 aliphatic rings. The van der Waals surface area contributed by atoms with Gasteiger partial charge in [-0.25, -0.2) is 9.48 Å².